The molecule has 1 aliphatic heterocycles. The normalized spacial score (nSPS) is 15.8. The Labute approximate surface area is 195 Å². The molecule has 0 bridgehead atoms. The summed E-state index contributed by atoms with van der Waals surface area (Å²) in [6.07, 6.45) is 0.183. The number of benzene rings is 2. The van der Waals surface area contributed by atoms with Crippen LogP contribution in [0.4, 0.5) is 11.5 Å². The number of anilines is 2. The van der Waals surface area contributed by atoms with Gasteiger partial charge in [0.1, 0.15) is 5.82 Å². The number of rotatable bonds is 5. The van der Waals surface area contributed by atoms with Crippen molar-refractivity contribution in [1.29, 1.82) is 0 Å². The Kier molecular flexibility index (Phi) is 5.51. The van der Waals surface area contributed by atoms with Crippen molar-refractivity contribution < 1.29 is 9.59 Å². The van der Waals surface area contributed by atoms with E-state index in [0.29, 0.717) is 17.5 Å². The lowest BCUT2D eigenvalue weighted by molar-refractivity contribution is -0.122. The third kappa shape index (κ3) is 4.29. The number of nitrogens with one attached hydrogen (secondary N) is 1. The number of aromatic nitrogens is 3. The second-order valence-corrected chi connectivity index (χ2v) is 9.03. The summed E-state index contributed by atoms with van der Waals surface area (Å²) in [5.41, 5.74) is 4.55. The van der Waals surface area contributed by atoms with E-state index >= 15 is 0 Å². The van der Waals surface area contributed by atoms with Gasteiger partial charge >= 0.3 is 0 Å². The zero-order valence-electron chi connectivity index (χ0n) is 18.4. The first-order valence-electron chi connectivity index (χ1n) is 10.7. The summed E-state index contributed by atoms with van der Waals surface area (Å²) in [7, 11) is 0. The third-order valence-electron chi connectivity index (χ3n) is 5.63. The molecule has 1 fully saturated rings. The predicted octanol–water partition coefficient (Wildman–Crippen LogP) is 4.60. The van der Waals surface area contributed by atoms with E-state index < -0.39 is 5.92 Å². The van der Waals surface area contributed by atoms with E-state index in [1.54, 1.807) is 9.58 Å². The zero-order valence-corrected chi connectivity index (χ0v) is 19.2. The topological polar surface area (TPSA) is 80.1 Å². The molecule has 2 aromatic heterocycles. The molecule has 5 rings (SSSR count). The molecule has 1 atom stereocenters. The Balaban J connectivity index is 1.34. The summed E-state index contributed by atoms with van der Waals surface area (Å²) in [4.78, 5) is 32.1. The standard InChI is InChI=1S/C25H23N5O2S/c1-16-7-6-10-20(11-16)29-14-19(13-23(29)31)24(32)27-22-12-17(2)28-30(22)25-26-21(15-33-25)18-8-4-3-5-9-18/h3-12,15,19H,13-14H2,1-2H3,(H,27,32). The third-order valence-corrected chi connectivity index (χ3v) is 6.45. The first kappa shape index (κ1) is 21.1. The molecular weight excluding hydrogens is 434 g/mol. The molecule has 166 valence electrons. The summed E-state index contributed by atoms with van der Waals surface area (Å²) in [6, 6.07) is 19.5. The number of aryl methyl sites for hydroxylation is 2. The highest BCUT2D eigenvalue weighted by Gasteiger charge is 2.35. The largest absolute Gasteiger partial charge is 0.312 e. The number of hydrogen-bond donors (Lipinski definition) is 1. The van der Waals surface area contributed by atoms with Crippen LogP contribution in [0.15, 0.2) is 66.0 Å². The van der Waals surface area contributed by atoms with E-state index in [2.05, 4.69) is 10.4 Å². The van der Waals surface area contributed by atoms with E-state index in [1.165, 1.54) is 11.3 Å². The van der Waals surface area contributed by atoms with E-state index in [0.717, 1.165) is 28.2 Å². The summed E-state index contributed by atoms with van der Waals surface area (Å²) >= 11 is 1.46. The lowest BCUT2D eigenvalue weighted by Crippen LogP contribution is -2.28. The van der Waals surface area contributed by atoms with Crippen molar-refractivity contribution in [1.82, 2.24) is 14.8 Å². The quantitative estimate of drug-likeness (QED) is 0.475. The minimum atomic E-state index is -0.433. The van der Waals surface area contributed by atoms with Crippen molar-refractivity contribution in [2.24, 2.45) is 5.92 Å². The van der Waals surface area contributed by atoms with Gasteiger partial charge in [-0.05, 0) is 31.5 Å². The fourth-order valence-electron chi connectivity index (χ4n) is 3.99. The van der Waals surface area contributed by atoms with Crippen LogP contribution in [-0.2, 0) is 9.59 Å². The molecule has 4 aromatic rings. The highest BCUT2D eigenvalue weighted by atomic mass is 32.1. The molecule has 1 unspecified atom stereocenters. The lowest BCUT2D eigenvalue weighted by Gasteiger charge is -2.17. The Hall–Kier alpha value is -3.78. The maximum atomic E-state index is 13.1. The molecule has 8 heteroatoms. The van der Waals surface area contributed by atoms with E-state index in [-0.39, 0.29) is 18.2 Å². The van der Waals surface area contributed by atoms with Crippen molar-refractivity contribution in [3.63, 3.8) is 0 Å². The summed E-state index contributed by atoms with van der Waals surface area (Å²) < 4.78 is 1.65. The van der Waals surface area contributed by atoms with Crippen molar-refractivity contribution in [3.05, 3.63) is 77.3 Å². The van der Waals surface area contributed by atoms with Crippen molar-refractivity contribution in [2.45, 2.75) is 20.3 Å². The van der Waals surface area contributed by atoms with Gasteiger partial charge < -0.3 is 10.2 Å². The molecule has 1 N–H and O–H groups in total. The second kappa shape index (κ2) is 8.63. The number of carbonyl (C=O) groups excluding carboxylic acids is 2. The van der Waals surface area contributed by atoms with Gasteiger partial charge in [0.05, 0.1) is 17.3 Å². The maximum Gasteiger partial charge on any atom is 0.230 e. The zero-order chi connectivity index (χ0) is 22.9. The number of hydrogen-bond acceptors (Lipinski definition) is 5. The van der Waals surface area contributed by atoms with Crippen molar-refractivity contribution >= 4 is 34.7 Å². The fourth-order valence-corrected chi connectivity index (χ4v) is 4.79. The first-order chi connectivity index (χ1) is 16.0. The van der Waals surface area contributed by atoms with Crippen LogP contribution in [0, 0.1) is 19.8 Å². The summed E-state index contributed by atoms with van der Waals surface area (Å²) in [5.74, 6) is -0.122. The lowest BCUT2D eigenvalue weighted by atomic mass is 10.1. The van der Waals surface area contributed by atoms with Gasteiger partial charge in [0, 0.05) is 35.7 Å². The average molecular weight is 458 g/mol. The van der Waals surface area contributed by atoms with E-state index in [9.17, 15) is 9.59 Å². The minimum absolute atomic E-state index is 0.0436. The van der Waals surface area contributed by atoms with Gasteiger partial charge in [-0.25, -0.2) is 4.98 Å². The molecule has 0 saturated carbocycles. The predicted molar refractivity (Wildman–Crippen MR) is 130 cm³/mol. The molecule has 3 heterocycles. The molecule has 33 heavy (non-hydrogen) atoms. The molecule has 1 aliphatic rings. The summed E-state index contributed by atoms with van der Waals surface area (Å²) in [6.45, 7) is 4.21. The molecule has 0 spiro atoms. The van der Waals surface area contributed by atoms with Gasteiger partial charge in [0.2, 0.25) is 16.9 Å². The summed E-state index contributed by atoms with van der Waals surface area (Å²) in [5, 5.41) is 10.1. The van der Waals surface area contributed by atoms with Gasteiger partial charge in [0.25, 0.3) is 0 Å². The Morgan fingerprint density at radius 1 is 1.09 bits per heavy atom. The average Bonchev–Trinajstić information content (AvgIpc) is 3.53. The van der Waals surface area contributed by atoms with Gasteiger partial charge in [-0.15, -0.1) is 11.3 Å². The maximum absolute atomic E-state index is 13.1. The van der Waals surface area contributed by atoms with Crippen molar-refractivity contribution in [3.8, 4) is 16.4 Å². The molecule has 7 nitrogen and oxygen atoms in total. The van der Waals surface area contributed by atoms with Gasteiger partial charge in [0.15, 0.2) is 0 Å². The van der Waals surface area contributed by atoms with Crippen LogP contribution in [0.3, 0.4) is 0 Å². The van der Waals surface area contributed by atoms with Crippen LogP contribution >= 0.6 is 11.3 Å². The number of amides is 2. The monoisotopic (exact) mass is 457 g/mol. The smallest absolute Gasteiger partial charge is 0.230 e. The number of carbonyl (C=O) groups is 2. The van der Waals surface area contributed by atoms with E-state index in [4.69, 9.17) is 4.98 Å². The SMILES string of the molecule is Cc1cccc(N2CC(C(=O)Nc3cc(C)nn3-c3nc(-c4ccccc4)cs3)CC2=O)c1. The molecule has 2 amide bonds. The number of nitrogens with zero attached hydrogens (tertiary/aromatic N) is 4. The highest BCUT2D eigenvalue weighted by Crippen LogP contribution is 2.29. The molecule has 0 radical (unpaired) electrons. The fraction of sp³-hybridized carbons (Fsp3) is 0.200. The highest BCUT2D eigenvalue weighted by molar-refractivity contribution is 7.12. The van der Waals surface area contributed by atoms with Crippen LogP contribution in [0.5, 0.6) is 0 Å². The van der Waals surface area contributed by atoms with Gasteiger partial charge in [-0.3, -0.25) is 9.59 Å². The van der Waals surface area contributed by atoms with Crippen LogP contribution < -0.4 is 10.2 Å². The molecule has 2 aromatic carbocycles. The Bertz CT molecular complexity index is 1330. The first-order valence-corrected chi connectivity index (χ1v) is 11.6. The van der Waals surface area contributed by atoms with Crippen molar-refractivity contribution in [2.75, 3.05) is 16.8 Å². The van der Waals surface area contributed by atoms with Gasteiger partial charge in [-0.1, -0.05) is 42.5 Å². The molecular formula is C25H23N5O2S. The molecule has 0 aliphatic carbocycles. The van der Waals surface area contributed by atoms with Gasteiger partial charge in [-0.2, -0.15) is 9.78 Å². The Morgan fingerprint density at radius 2 is 1.91 bits per heavy atom. The van der Waals surface area contributed by atoms with Crippen LogP contribution in [0.25, 0.3) is 16.4 Å². The number of thiazole rings is 1. The second-order valence-electron chi connectivity index (χ2n) is 8.20. The minimum Gasteiger partial charge on any atom is -0.312 e. The molecule has 1 saturated heterocycles. The van der Waals surface area contributed by atoms with Crippen LogP contribution in [0.2, 0.25) is 0 Å². The Morgan fingerprint density at radius 3 is 2.70 bits per heavy atom. The van der Waals surface area contributed by atoms with Crippen LogP contribution in [-0.4, -0.2) is 33.1 Å². The van der Waals surface area contributed by atoms with E-state index in [1.807, 2.05) is 79.9 Å². The van der Waals surface area contributed by atoms with Crippen LogP contribution in [0.1, 0.15) is 17.7 Å².